The van der Waals surface area contributed by atoms with Crippen LogP contribution in [0.1, 0.15) is 0 Å². The van der Waals surface area contributed by atoms with Gasteiger partial charge in [-0.15, -0.1) is 0 Å². The van der Waals surface area contributed by atoms with Crippen molar-refractivity contribution in [2.24, 2.45) is 5.73 Å². The minimum Gasteiger partial charge on any atom is -0.489 e. The fourth-order valence-electron chi connectivity index (χ4n) is 1.000. The van der Waals surface area contributed by atoms with E-state index in [0.29, 0.717) is 16.5 Å². The van der Waals surface area contributed by atoms with Gasteiger partial charge >= 0.3 is 0 Å². The van der Waals surface area contributed by atoms with Gasteiger partial charge in [0.25, 0.3) is 0 Å². The van der Waals surface area contributed by atoms with Crippen LogP contribution in [0.15, 0.2) is 18.2 Å². The van der Waals surface area contributed by atoms with Gasteiger partial charge in [0.2, 0.25) is 0 Å². The van der Waals surface area contributed by atoms with Crippen LogP contribution in [0, 0.1) is 5.41 Å². The maximum atomic E-state index is 11.8. The number of rotatable bonds is 4. The summed E-state index contributed by atoms with van der Waals surface area (Å²) in [7, 11) is 0. The number of alkyl halides is 1. The summed E-state index contributed by atoms with van der Waals surface area (Å²) >= 11 is 5.85. The zero-order valence-electron chi connectivity index (χ0n) is 7.89. The van der Waals surface area contributed by atoms with Gasteiger partial charge in [-0.3, -0.25) is 5.41 Å². The summed E-state index contributed by atoms with van der Waals surface area (Å²) in [4.78, 5) is 0. The maximum Gasteiger partial charge on any atom is 0.190 e. The van der Waals surface area contributed by atoms with E-state index < -0.39 is 6.67 Å². The molecule has 0 saturated heterocycles. The molecule has 0 radical (unpaired) electrons. The van der Waals surface area contributed by atoms with Gasteiger partial charge in [-0.2, -0.15) is 0 Å². The van der Waals surface area contributed by atoms with Crippen LogP contribution in [0.3, 0.4) is 0 Å². The highest BCUT2D eigenvalue weighted by molar-refractivity contribution is 6.32. The monoisotopic (exact) mass is 231 g/mol. The van der Waals surface area contributed by atoms with E-state index in [1.54, 1.807) is 18.2 Å². The Labute approximate surface area is 91.7 Å². The Morgan fingerprint density at radius 3 is 2.87 bits per heavy atom. The van der Waals surface area contributed by atoms with Crippen LogP contribution in [-0.2, 0) is 0 Å². The highest BCUT2D eigenvalue weighted by Crippen LogP contribution is 2.27. The Balaban J connectivity index is 2.74. The largest absolute Gasteiger partial charge is 0.489 e. The number of ether oxygens (including phenoxy) is 1. The Hall–Kier alpha value is -1.49. The number of anilines is 1. The first-order chi connectivity index (χ1) is 7.13. The standard InChI is InChI=1S/C9H11ClFN3O/c10-7-5-6(14-9(12)13)1-2-8(7)15-4-3-11/h1-2,5H,3-4H2,(H4,12,13,14). The molecule has 6 heteroatoms. The van der Waals surface area contributed by atoms with E-state index in [0.717, 1.165) is 0 Å². The van der Waals surface area contributed by atoms with Gasteiger partial charge in [-0.25, -0.2) is 4.39 Å². The quantitative estimate of drug-likeness (QED) is 0.548. The summed E-state index contributed by atoms with van der Waals surface area (Å²) in [5.74, 6) is 0.229. The summed E-state index contributed by atoms with van der Waals surface area (Å²) in [5.41, 5.74) is 5.72. The SMILES string of the molecule is N=C(N)Nc1ccc(OCCF)c(Cl)c1. The number of hydrogen-bond donors (Lipinski definition) is 3. The van der Waals surface area contributed by atoms with Crippen LogP contribution in [-0.4, -0.2) is 19.2 Å². The van der Waals surface area contributed by atoms with Crippen molar-refractivity contribution < 1.29 is 9.13 Å². The molecule has 0 unspecified atom stereocenters. The minimum absolute atomic E-state index is 0.0286. The molecule has 0 bridgehead atoms. The highest BCUT2D eigenvalue weighted by Gasteiger charge is 2.03. The highest BCUT2D eigenvalue weighted by atomic mass is 35.5. The number of nitrogens with two attached hydrogens (primary N) is 1. The van der Waals surface area contributed by atoms with Crippen LogP contribution in [0.4, 0.5) is 10.1 Å². The number of benzene rings is 1. The molecule has 0 spiro atoms. The van der Waals surface area contributed by atoms with Crippen LogP contribution in [0.2, 0.25) is 5.02 Å². The Morgan fingerprint density at radius 2 is 2.33 bits per heavy atom. The van der Waals surface area contributed by atoms with E-state index >= 15 is 0 Å². The van der Waals surface area contributed by atoms with Gasteiger partial charge in [-0.1, -0.05) is 11.6 Å². The van der Waals surface area contributed by atoms with Crippen LogP contribution in [0.25, 0.3) is 0 Å². The summed E-state index contributed by atoms with van der Waals surface area (Å²) < 4.78 is 16.9. The van der Waals surface area contributed by atoms with Crippen molar-refractivity contribution in [1.29, 1.82) is 5.41 Å². The number of hydrogen-bond acceptors (Lipinski definition) is 2. The Kier molecular flexibility index (Phi) is 4.17. The van der Waals surface area contributed by atoms with E-state index in [4.69, 9.17) is 27.5 Å². The maximum absolute atomic E-state index is 11.8. The van der Waals surface area contributed by atoms with Gasteiger partial charge in [0, 0.05) is 5.69 Å². The normalized spacial score (nSPS) is 9.73. The van der Waals surface area contributed by atoms with E-state index in [2.05, 4.69) is 5.32 Å². The predicted molar refractivity (Wildman–Crippen MR) is 58.5 cm³/mol. The number of guanidine groups is 1. The van der Waals surface area contributed by atoms with Gasteiger partial charge in [0.1, 0.15) is 19.0 Å². The van der Waals surface area contributed by atoms with Gasteiger partial charge < -0.3 is 15.8 Å². The number of halogens is 2. The molecule has 1 rings (SSSR count). The predicted octanol–water partition coefficient (Wildman–Crippen LogP) is 1.99. The molecule has 0 aliphatic rings. The fourth-order valence-corrected chi connectivity index (χ4v) is 1.23. The third kappa shape index (κ3) is 3.63. The zero-order chi connectivity index (χ0) is 11.3. The molecule has 0 atom stereocenters. The fraction of sp³-hybridized carbons (Fsp3) is 0.222. The first-order valence-corrected chi connectivity index (χ1v) is 4.60. The van der Waals surface area contributed by atoms with Crippen LogP contribution >= 0.6 is 11.6 Å². The third-order valence-corrected chi connectivity index (χ3v) is 1.84. The summed E-state index contributed by atoms with van der Waals surface area (Å²) in [6.07, 6.45) is 0. The Bertz CT molecular complexity index is 359. The molecular weight excluding hydrogens is 221 g/mol. The molecule has 82 valence electrons. The average molecular weight is 232 g/mol. The van der Waals surface area contributed by atoms with E-state index in [1.807, 2.05) is 0 Å². The van der Waals surface area contributed by atoms with Gasteiger partial charge in [0.05, 0.1) is 5.02 Å². The van der Waals surface area contributed by atoms with Crippen LogP contribution < -0.4 is 15.8 Å². The van der Waals surface area contributed by atoms with Crippen molar-refractivity contribution in [2.75, 3.05) is 18.6 Å². The lowest BCUT2D eigenvalue weighted by Crippen LogP contribution is -2.20. The van der Waals surface area contributed by atoms with Crippen molar-refractivity contribution in [3.63, 3.8) is 0 Å². The molecule has 0 amide bonds. The smallest absolute Gasteiger partial charge is 0.190 e. The molecule has 0 aliphatic heterocycles. The summed E-state index contributed by atoms with van der Waals surface area (Å²) in [6.45, 7) is -0.594. The molecule has 0 aliphatic carbocycles. The van der Waals surface area contributed by atoms with Gasteiger partial charge in [-0.05, 0) is 18.2 Å². The minimum atomic E-state index is -0.566. The lowest BCUT2D eigenvalue weighted by Gasteiger charge is -2.08. The van der Waals surface area contributed by atoms with Crippen molar-refractivity contribution in [3.8, 4) is 5.75 Å². The molecule has 1 aromatic rings. The lowest BCUT2D eigenvalue weighted by molar-refractivity contribution is 0.273. The second-order valence-corrected chi connectivity index (χ2v) is 3.13. The van der Waals surface area contributed by atoms with Crippen molar-refractivity contribution in [3.05, 3.63) is 23.2 Å². The first-order valence-electron chi connectivity index (χ1n) is 4.23. The van der Waals surface area contributed by atoms with E-state index in [1.165, 1.54) is 0 Å². The molecule has 4 nitrogen and oxygen atoms in total. The summed E-state index contributed by atoms with van der Waals surface area (Å²) in [6, 6.07) is 4.78. The molecule has 0 saturated carbocycles. The van der Waals surface area contributed by atoms with Crippen molar-refractivity contribution in [2.45, 2.75) is 0 Å². The third-order valence-electron chi connectivity index (χ3n) is 1.55. The zero-order valence-corrected chi connectivity index (χ0v) is 8.64. The van der Waals surface area contributed by atoms with Crippen LogP contribution in [0.5, 0.6) is 5.75 Å². The topological polar surface area (TPSA) is 71.1 Å². The summed E-state index contributed by atoms with van der Waals surface area (Å²) in [5, 5.41) is 9.93. The lowest BCUT2D eigenvalue weighted by atomic mass is 10.3. The molecule has 0 heterocycles. The second-order valence-electron chi connectivity index (χ2n) is 2.72. The molecule has 1 aromatic carbocycles. The number of nitrogens with one attached hydrogen (secondary N) is 2. The van der Waals surface area contributed by atoms with Gasteiger partial charge in [0.15, 0.2) is 5.96 Å². The van der Waals surface area contributed by atoms with Crippen molar-refractivity contribution in [1.82, 2.24) is 0 Å². The Morgan fingerprint density at radius 1 is 1.60 bits per heavy atom. The first kappa shape index (κ1) is 11.6. The molecule has 15 heavy (non-hydrogen) atoms. The van der Waals surface area contributed by atoms with E-state index in [9.17, 15) is 4.39 Å². The van der Waals surface area contributed by atoms with Crippen molar-refractivity contribution >= 4 is 23.2 Å². The second kappa shape index (κ2) is 5.41. The molecule has 0 fully saturated rings. The molecular formula is C9H11ClFN3O. The molecule has 0 aromatic heterocycles. The average Bonchev–Trinajstić information content (AvgIpc) is 2.15. The van der Waals surface area contributed by atoms with E-state index in [-0.39, 0.29) is 12.6 Å². The molecule has 4 N–H and O–H groups in total.